The number of H-pyrrole nitrogens is 1. The number of hydrogen-bond donors (Lipinski definition) is 2. The molecule has 3 heterocycles. The molecule has 4 nitrogen and oxygen atoms in total. The van der Waals surface area contributed by atoms with E-state index in [0.29, 0.717) is 0 Å². The van der Waals surface area contributed by atoms with Gasteiger partial charge in [-0.25, -0.2) is 4.98 Å². The summed E-state index contributed by atoms with van der Waals surface area (Å²) in [6, 6.07) is 1.47. The first kappa shape index (κ1) is 11.5. The third-order valence-corrected chi connectivity index (χ3v) is 5.02. The van der Waals surface area contributed by atoms with E-state index in [2.05, 4.69) is 15.3 Å². The van der Waals surface area contributed by atoms with E-state index in [1.54, 1.807) is 6.20 Å². The Balaban J connectivity index is 1.73. The van der Waals surface area contributed by atoms with Crippen molar-refractivity contribution in [3.05, 3.63) is 40.6 Å². The van der Waals surface area contributed by atoms with E-state index in [-0.39, 0.29) is 11.4 Å². The Morgan fingerprint density at radius 3 is 2.95 bits per heavy atom. The Bertz CT molecular complexity index is 804. The number of nitrogens with zero attached hydrogens (tertiary/aromatic N) is 1. The quantitative estimate of drug-likeness (QED) is 0.728. The number of aryl methyl sites for hydroxylation is 1. The van der Waals surface area contributed by atoms with Crippen molar-refractivity contribution in [2.75, 3.05) is 0 Å². The molecule has 0 atom stereocenters. The Labute approximate surface area is 120 Å². The average Bonchev–Trinajstić information content (AvgIpc) is 3.07. The van der Waals surface area contributed by atoms with Crippen molar-refractivity contribution in [3.63, 3.8) is 0 Å². The summed E-state index contributed by atoms with van der Waals surface area (Å²) in [4.78, 5) is 19.6. The number of aromatic amines is 1. The Kier molecular flexibility index (Phi) is 1.93. The highest BCUT2D eigenvalue weighted by Crippen LogP contribution is 2.45. The van der Waals surface area contributed by atoms with Crippen LogP contribution in [0, 0.1) is 5.95 Å². The number of carbonyl (C=O) groups is 1. The lowest BCUT2D eigenvalue weighted by Gasteiger charge is -2.23. The van der Waals surface area contributed by atoms with Gasteiger partial charge in [-0.05, 0) is 36.8 Å². The van der Waals surface area contributed by atoms with Gasteiger partial charge in [-0.15, -0.1) is 0 Å². The van der Waals surface area contributed by atoms with E-state index in [0.717, 1.165) is 65.7 Å². The van der Waals surface area contributed by atoms with Crippen LogP contribution in [-0.2, 0) is 19.3 Å². The number of hydrogen-bond acceptors (Lipinski definition) is 2. The highest BCUT2D eigenvalue weighted by atomic mass is 19.1. The van der Waals surface area contributed by atoms with Crippen LogP contribution in [0.15, 0.2) is 12.3 Å². The lowest BCUT2D eigenvalue weighted by molar-refractivity contribution is 0.0917. The molecule has 1 spiro atoms. The Hall–Kier alpha value is -2.17. The maximum Gasteiger partial charge on any atom is 0.253 e. The van der Waals surface area contributed by atoms with Crippen molar-refractivity contribution in [3.8, 4) is 11.3 Å². The second kappa shape index (κ2) is 3.53. The number of aromatic nitrogens is 2. The first-order valence-corrected chi connectivity index (χ1v) is 7.36. The molecular formula is C16H14FN3O. The minimum absolute atomic E-state index is 0.0101. The zero-order valence-electron chi connectivity index (χ0n) is 11.4. The van der Waals surface area contributed by atoms with Crippen LogP contribution < -0.4 is 5.32 Å². The van der Waals surface area contributed by atoms with Crippen molar-refractivity contribution in [2.24, 2.45) is 0 Å². The smallest absolute Gasteiger partial charge is 0.253 e. The molecular weight excluding hydrogens is 269 g/mol. The second-order valence-corrected chi connectivity index (χ2v) is 6.41. The molecule has 2 N–H and O–H groups in total. The fraction of sp³-hybridized carbons (Fsp3) is 0.375. The number of amides is 1. The third kappa shape index (κ3) is 1.49. The summed E-state index contributed by atoms with van der Waals surface area (Å²) in [7, 11) is 0. The number of carbonyl (C=O) groups excluding carboxylic acids is 1. The largest absolute Gasteiger partial charge is 0.357 e. The molecule has 2 aromatic rings. The van der Waals surface area contributed by atoms with Gasteiger partial charge >= 0.3 is 0 Å². The van der Waals surface area contributed by atoms with E-state index >= 15 is 0 Å². The Morgan fingerprint density at radius 2 is 2.14 bits per heavy atom. The van der Waals surface area contributed by atoms with Gasteiger partial charge in [-0.1, -0.05) is 0 Å². The van der Waals surface area contributed by atoms with Crippen molar-refractivity contribution >= 4 is 5.91 Å². The summed E-state index contributed by atoms with van der Waals surface area (Å²) in [5, 5.41) is 3.15. The van der Waals surface area contributed by atoms with E-state index in [1.165, 1.54) is 6.07 Å². The summed E-state index contributed by atoms with van der Waals surface area (Å²) in [5.41, 5.74) is 5.66. The summed E-state index contributed by atoms with van der Waals surface area (Å²) in [6.45, 7) is 0. The molecule has 0 bridgehead atoms. The van der Waals surface area contributed by atoms with Gasteiger partial charge in [0.15, 0.2) is 0 Å². The van der Waals surface area contributed by atoms with Crippen LogP contribution in [0.1, 0.15) is 40.0 Å². The molecule has 0 aromatic carbocycles. The first-order chi connectivity index (χ1) is 10.2. The highest BCUT2D eigenvalue weighted by molar-refractivity contribution is 6.01. The van der Waals surface area contributed by atoms with E-state index in [9.17, 15) is 9.18 Å². The maximum absolute atomic E-state index is 13.5. The highest BCUT2D eigenvalue weighted by Gasteiger charge is 2.49. The number of pyridine rings is 1. The summed E-state index contributed by atoms with van der Waals surface area (Å²) in [6.07, 6.45) is 6.19. The van der Waals surface area contributed by atoms with Crippen LogP contribution in [-0.4, -0.2) is 21.4 Å². The van der Waals surface area contributed by atoms with Gasteiger partial charge < -0.3 is 10.3 Å². The van der Waals surface area contributed by atoms with Crippen LogP contribution in [0.3, 0.4) is 0 Å². The summed E-state index contributed by atoms with van der Waals surface area (Å²) in [5.74, 6) is -0.443. The predicted molar refractivity (Wildman–Crippen MR) is 74.5 cm³/mol. The van der Waals surface area contributed by atoms with Crippen LogP contribution in [0.2, 0.25) is 0 Å². The first-order valence-electron chi connectivity index (χ1n) is 7.36. The lowest BCUT2D eigenvalue weighted by Crippen LogP contribution is -2.43. The topological polar surface area (TPSA) is 57.8 Å². The minimum atomic E-state index is -0.475. The summed E-state index contributed by atoms with van der Waals surface area (Å²) < 4.78 is 13.5. The maximum atomic E-state index is 13.5. The van der Waals surface area contributed by atoms with Gasteiger partial charge in [0.2, 0.25) is 5.95 Å². The predicted octanol–water partition coefficient (Wildman–Crippen LogP) is 2.13. The molecule has 106 valence electrons. The standard InChI is InChI=1S/C16H14FN3O/c17-12-5-10-8(7-18-12)1-2-9-13-11(19-14(9)10)6-16(3-4-16)20-15(13)21/h5,7,19H,1-4,6H2,(H,20,21). The third-order valence-electron chi connectivity index (χ3n) is 5.02. The van der Waals surface area contributed by atoms with Crippen LogP contribution in [0.4, 0.5) is 4.39 Å². The summed E-state index contributed by atoms with van der Waals surface area (Å²) >= 11 is 0. The lowest BCUT2D eigenvalue weighted by atomic mass is 9.88. The van der Waals surface area contributed by atoms with Gasteiger partial charge in [0.05, 0.1) is 11.3 Å². The molecule has 2 aromatic heterocycles. The second-order valence-electron chi connectivity index (χ2n) is 6.41. The van der Waals surface area contributed by atoms with Crippen molar-refractivity contribution in [2.45, 2.75) is 37.6 Å². The van der Waals surface area contributed by atoms with Crippen LogP contribution in [0.25, 0.3) is 11.3 Å². The molecule has 5 heteroatoms. The number of halogens is 1. The molecule has 1 fully saturated rings. The van der Waals surface area contributed by atoms with Crippen molar-refractivity contribution in [1.82, 2.24) is 15.3 Å². The molecule has 21 heavy (non-hydrogen) atoms. The SMILES string of the molecule is O=C1NC2(CC2)Cc2[nH]c3c(c21)CCc1cnc(F)cc1-3. The molecule has 3 aliphatic rings. The van der Waals surface area contributed by atoms with Gasteiger partial charge in [0.25, 0.3) is 5.91 Å². The van der Waals surface area contributed by atoms with Crippen LogP contribution in [0.5, 0.6) is 0 Å². The number of nitrogens with one attached hydrogen (secondary N) is 2. The molecule has 2 aliphatic carbocycles. The molecule has 5 rings (SSSR count). The normalized spacial score (nSPS) is 20.5. The number of rotatable bonds is 0. The molecule has 0 radical (unpaired) electrons. The molecule has 1 saturated carbocycles. The molecule has 1 aliphatic heterocycles. The van der Waals surface area contributed by atoms with Crippen molar-refractivity contribution in [1.29, 1.82) is 0 Å². The molecule has 1 amide bonds. The van der Waals surface area contributed by atoms with Crippen molar-refractivity contribution < 1.29 is 9.18 Å². The van der Waals surface area contributed by atoms with E-state index in [1.807, 2.05) is 0 Å². The number of fused-ring (bicyclic) bond motifs is 5. The van der Waals surface area contributed by atoms with Gasteiger partial charge in [-0.2, -0.15) is 4.39 Å². The van der Waals surface area contributed by atoms with Gasteiger partial charge in [0, 0.05) is 35.5 Å². The zero-order valence-corrected chi connectivity index (χ0v) is 11.4. The molecule has 0 unspecified atom stereocenters. The fourth-order valence-corrected chi connectivity index (χ4v) is 3.77. The zero-order chi connectivity index (χ0) is 14.2. The van der Waals surface area contributed by atoms with Crippen LogP contribution >= 0.6 is 0 Å². The fourth-order valence-electron chi connectivity index (χ4n) is 3.77. The minimum Gasteiger partial charge on any atom is -0.357 e. The Morgan fingerprint density at radius 1 is 1.29 bits per heavy atom. The van der Waals surface area contributed by atoms with Gasteiger partial charge in [-0.3, -0.25) is 4.79 Å². The van der Waals surface area contributed by atoms with E-state index in [4.69, 9.17) is 0 Å². The van der Waals surface area contributed by atoms with Gasteiger partial charge in [0.1, 0.15) is 0 Å². The average molecular weight is 283 g/mol. The monoisotopic (exact) mass is 283 g/mol. The molecule has 0 saturated heterocycles. The van der Waals surface area contributed by atoms with E-state index < -0.39 is 5.95 Å².